The molecule has 3 atom stereocenters. The molecule has 0 aliphatic heterocycles. The van der Waals surface area contributed by atoms with Crippen LogP contribution in [0.25, 0.3) is 0 Å². The standard InChI is InChI=1S/C18H24O6/c1-11(2)16(22-12(3)19)18(24-14(5)21)17(23-13(4)20)15-9-7-6-8-10-15/h6-11,16-18H,1-5H3/t16-,17+,18+/m0/s1. The molecule has 6 heteroatoms. The number of rotatable bonds is 7. The lowest BCUT2D eigenvalue weighted by molar-refractivity contribution is -0.187. The number of carbonyl (C=O) groups is 3. The third-order valence-electron chi connectivity index (χ3n) is 3.30. The molecule has 0 fully saturated rings. The van der Waals surface area contributed by atoms with E-state index in [0.29, 0.717) is 5.56 Å². The molecule has 0 heterocycles. The number of hydrogen-bond acceptors (Lipinski definition) is 6. The maximum Gasteiger partial charge on any atom is 0.303 e. The first-order valence-corrected chi connectivity index (χ1v) is 7.79. The van der Waals surface area contributed by atoms with Crippen molar-refractivity contribution in [1.82, 2.24) is 0 Å². The molecule has 0 aromatic heterocycles. The number of ether oxygens (including phenoxy) is 3. The molecule has 0 aliphatic rings. The first-order chi connectivity index (χ1) is 11.2. The molecule has 0 radical (unpaired) electrons. The summed E-state index contributed by atoms with van der Waals surface area (Å²) < 4.78 is 16.2. The summed E-state index contributed by atoms with van der Waals surface area (Å²) in [6.45, 7) is 7.48. The van der Waals surface area contributed by atoms with Crippen LogP contribution in [0.5, 0.6) is 0 Å². The summed E-state index contributed by atoms with van der Waals surface area (Å²) in [6.07, 6.45) is -2.58. The SMILES string of the molecule is CC(=O)O[C@@H]([C@H](OC(C)=O)c1ccccc1)[C@@H](OC(C)=O)C(C)C. The highest BCUT2D eigenvalue weighted by molar-refractivity contribution is 5.68. The Morgan fingerprint density at radius 1 is 0.750 bits per heavy atom. The number of esters is 3. The van der Waals surface area contributed by atoms with Crippen LogP contribution in [0, 0.1) is 5.92 Å². The second-order valence-electron chi connectivity index (χ2n) is 5.83. The Hall–Kier alpha value is -2.37. The van der Waals surface area contributed by atoms with Crippen LogP contribution in [0.15, 0.2) is 30.3 Å². The Labute approximate surface area is 142 Å². The smallest absolute Gasteiger partial charge is 0.303 e. The summed E-state index contributed by atoms with van der Waals surface area (Å²) in [5.41, 5.74) is 0.650. The number of carbonyl (C=O) groups excluding carboxylic acids is 3. The van der Waals surface area contributed by atoms with Gasteiger partial charge in [0.25, 0.3) is 0 Å². The summed E-state index contributed by atoms with van der Waals surface area (Å²) >= 11 is 0. The third kappa shape index (κ3) is 6.02. The van der Waals surface area contributed by atoms with Crippen LogP contribution in [0.4, 0.5) is 0 Å². The lowest BCUT2D eigenvalue weighted by Gasteiger charge is -2.34. The molecule has 0 aliphatic carbocycles. The highest BCUT2D eigenvalue weighted by Gasteiger charge is 2.39. The molecule has 132 valence electrons. The Morgan fingerprint density at radius 3 is 1.62 bits per heavy atom. The van der Waals surface area contributed by atoms with Gasteiger partial charge in [-0.15, -0.1) is 0 Å². The predicted molar refractivity (Wildman–Crippen MR) is 86.9 cm³/mol. The van der Waals surface area contributed by atoms with Gasteiger partial charge in [-0.3, -0.25) is 14.4 Å². The summed E-state index contributed by atoms with van der Waals surface area (Å²) in [5.74, 6) is -1.72. The summed E-state index contributed by atoms with van der Waals surface area (Å²) in [6, 6.07) is 8.91. The van der Waals surface area contributed by atoms with Crippen LogP contribution in [-0.4, -0.2) is 30.1 Å². The van der Waals surface area contributed by atoms with E-state index in [2.05, 4.69) is 0 Å². The molecule has 1 aromatic carbocycles. The zero-order valence-corrected chi connectivity index (χ0v) is 14.6. The van der Waals surface area contributed by atoms with Gasteiger partial charge in [-0.25, -0.2) is 0 Å². The highest BCUT2D eigenvalue weighted by atomic mass is 16.6. The van der Waals surface area contributed by atoms with E-state index in [1.165, 1.54) is 20.8 Å². The fraction of sp³-hybridized carbons (Fsp3) is 0.500. The third-order valence-corrected chi connectivity index (χ3v) is 3.30. The molecule has 0 N–H and O–H groups in total. The Balaban J connectivity index is 3.31. The first-order valence-electron chi connectivity index (χ1n) is 7.79. The second kappa shape index (κ2) is 9.05. The van der Waals surface area contributed by atoms with Gasteiger partial charge in [0.2, 0.25) is 0 Å². The molecule has 1 rings (SSSR count). The normalized spacial score (nSPS) is 14.4. The molecule has 1 aromatic rings. The van der Waals surface area contributed by atoms with E-state index in [9.17, 15) is 14.4 Å². The molecule has 0 saturated heterocycles. The van der Waals surface area contributed by atoms with Crippen molar-refractivity contribution in [1.29, 1.82) is 0 Å². The molecular weight excluding hydrogens is 312 g/mol. The van der Waals surface area contributed by atoms with Gasteiger partial charge in [0.05, 0.1) is 0 Å². The van der Waals surface area contributed by atoms with Crippen molar-refractivity contribution in [3.05, 3.63) is 35.9 Å². The van der Waals surface area contributed by atoms with Crippen molar-refractivity contribution < 1.29 is 28.6 Å². The fourth-order valence-electron chi connectivity index (χ4n) is 2.41. The molecule has 0 bridgehead atoms. The molecule has 0 amide bonds. The fourth-order valence-corrected chi connectivity index (χ4v) is 2.41. The lowest BCUT2D eigenvalue weighted by Crippen LogP contribution is -2.43. The summed E-state index contributed by atoms with van der Waals surface area (Å²) in [4.78, 5) is 34.6. The van der Waals surface area contributed by atoms with E-state index < -0.39 is 36.2 Å². The van der Waals surface area contributed by atoms with Gasteiger partial charge in [-0.2, -0.15) is 0 Å². The van der Waals surface area contributed by atoms with Crippen molar-refractivity contribution in [2.45, 2.75) is 52.9 Å². The van der Waals surface area contributed by atoms with Gasteiger partial charge >= 0.3 is 17.9 Å². The Morgan fingerprint density at radius 2 is 1.21 bits per heavy atom. The van der Waals surface area contributed by atoms with Crippen LogP contribution in [-0.2, 0) is 28.6 Å². The van der Waals surface area contributed by atoms with Crippen molar-refractivity contribution in [3.63, 3.8) is 0 Å². The summed E-state index contributed by atoms with van der Waals surface area (Å²) in [5, 5.41) is 0. The van der Waals surface area contributed by atoms with Gasteiger partial charge in [-0.1, -0.05) is 44.2 Å². The highest BCUT2D eigenvalue weighted by Crippen LogP contribution is 2.30. The zero-order chi connectivity index (χ0) is 18.3. The van der Waals surface area contributed by atoms with Crippen LogP contribution < -0.4 is 0 Å². The van der Waals surface area contributed by atoms with E-state index in [1.54, 1.807) is 24.3 Å². The molecule has 0 unspecified atom stereocenters. The maximum absolute atomic E-state index is 11.6. The van der Waals surface area contributed by atoms with Crippen molar-refractivity contribution in [3.8, 4) is 0 Å². The van der Waals surface area contributed by atoms with E-state index in [1.807, 2.05) is 19.9 Å². The van der Waals surface area contributed by atoms with Gasteiger partial charge in [0, 0.05) is 20.8 Å². The quantitative estimate of drug-likeness (QED) is 0.563. The topological polar surface area (TPSA) is 78.9 Å². The van der Waals surface area contributed by atoms with Crippen molar-refractivity contribution in [2.75, 3.05) is 0 Å². The van der Waals surface area contributed by atoms with Crippen molar-refractivity contribution in [2.24, 2.45) is 5.92 Å². The van der Waals surface area contributed by atoms with Crippen LogP contribution in [0.2, 0.25) is 0 Å². The first kappa shape index (κ1) is 19.7. The van der Waals surface area contributed by atoms with E-state index in [0.717, 1.165) is 0 Å². The molecule has 0 spiro atoms. The minimum atomic E-state index is -0.947. The van der Waals surface area contributed by atoms with E-state index in [4.69, 9.17) is 14.2 Å². The second-order valence-corrected chi connectivity index (χ2v) is 5.83. The molecule has 24 heavy (non-hydrogen) atoms. The van der Waals surface area contributed by atoms with Gasteiger partial charge < -0.3 is 14.2 Å². The van der Waals surface area contributed by atoms with Gasteiger partial charge in [0.1, 0.15) is 6.10 Å². The average Bonchev–Trinajstić information content (AvgIpc) is 2.48. The van der Waals surface area contributed by atoms with Crippen LogP contribution in [0.3, 0.4) is 0 Å². The number of hydrogen-bond donors (Lipinski definition) is 0. The average molecular weight is 336 g/mol. The van der Waals surface area contributed by atoms with E-state index in [-0.39, 0.29) is 5.92 Å². The Kier molecular flexibility index (Phi) is 7.42. The largest absolute Gasteiger partial charge is 0.458 e. The van der Waals surface area contributed by atoms with Gasteiger partial charge in [0.15, 0.2) is 12.2 Å². The predicted octanol–water partition coefficient (Wildman–Crippen LogP) is 2.81. The number of benzene rings is 1. The molecule has 6 nitrogen and oxygen atoms in total. The van der Waals surface area contributed by atoms with E-state index >= 15 is 0 Å². The minimum Gasteiger partial charge on any atom is -0.458 e. The van der Waals surface area contributed by atoms with Gasteiger partial charge in [-0.05, 0) is 11.5 Å². The van der Waals surface area contributed by atoms with Crippen LogP contribution >= 0.6 is 0 Å². The van der Waals surface area contributed by atoms with Crippen molar-refractivity contribution >= 4 is 17.9 Å². The molecular formula is C18H24O6. The molecule has 0 saturated carbocycles. The monoisotopic (exact) mass is 336 g/mol. The maximum atomic E-state index is 11.6. The van der Waals surface area contributed by atoms with Crippen LogP contribution in [0.1, 0.15) is 46.3 Å². The summed E-state index contributed by atoms with van der Waals surface area (Å²) in [7, 11) is 0. The lowest BCUT2D eigenvalue weighted by atomic mass is 9.93. The Bertz CT molecular complexity index is 566. The minimum absolute atomic E-state index is 0.153. The zero-order valence-electron chi connectivity index (χ0n) is 14.6.